The molecule has 1 rings (SSSR count). The van der Waals surface area contributed by atoms with Gasteiger partial charge in [0.2, 0.25) is 0 Å². The van der Waals surface area contributed by atoms with Crippen molar-refractivity contribution in [3.63, 3.8) is 0 Å². The normalized spacial score (nSPS) is 14.2. The predicted octanol–water partition coefficient (Wildman–Crippen LogP) is -0.446. The van der Waals surface area contributed by atoms with Crippen LogP contribution in [0.3, 0.4) is 0 Å². The molecule has 0 saturated carbocycles. The summed E-state index contributed by atoms with van der Waals surface area (Å²) >= 11 is 0. The van der Waals surface area contributed by atoms with E-state index in [0.29, 0.717) is 0 Å². The van der Waals surface area contributed by atoms with Gasteiger partial charge in [-0.25, -0.2) is 0 Å². The van der Waals surface area contributed by atoms with E-state index in [1.54, 1.807) is 6.07 Å². The summed E-state index contributed by atoms with van der Waals surface area (Å²) in [5.74, 6) is 0. The van der Waals surface area contributed by atoms with E-state index in [1.165, 1.54) is 12.4 Å². The van der Waals surface area contributed by atoms with Crippen molar-refractivity contribution in [3.8, 4) is 6.07 Å². The van der Waals surface area contributed by atoms with E-state index >= 15 is 0 Å². The predicted molar refractivity (Wildman–Crippen MR) is 54.3 cm³/mol. The number of pyridine rings is 1. The first-order chi connectivity index (χ1) is 7.07. The average Bonchev–Trinajstić information content (AvgIpc) is 2.21. The fourth-order valence-electron chi connectivity index (χ4n) is 1.15. The Labute approximate surface area is 86.8 Å². The summed E-state index contributed by atoms with van der Waals surface area (Å²) in [4.78, 5) is 3.75. The van der Waals surface area contributed by atoms with Crippen LogP contribution in [0, 0.1) is 11.3 Å². The first-order valence-corrected chi connectivity index (χ1v) is 4.29. The van der Waals surface area contributed by atoms with Crippen LogP contribution < -0.4 is 11.5 Å². The highest BCUT2D eigenvalue weighted by Crippen LogP contribution is 2.27. The molecule has 6 nitrogen and oxygen atoms in total. The molecule has 0 aliphatic heterocycles. The third kappa shape index (κ3) is 2.34. The second kappa shape index (κ2) is 4.59. The highest BCUT2D eigenvalue weighted by atomic mass is 16.3. The highest BCUT2D eigenvalue weighted by Gasteiger charge is 2.21. The average molecular weight is 208 g/mol. The molecule has 80 valence electrons. The van der Waals surface area contributed by atoms with Crippen molar-refractivity contribution in [1.29, 1.82) is 5.26 Å². The summed E-state index contributed by atoms with van der Waals surface area (Å²) in [7, 11) is 0. The van der Waals surface area contributed by atoms with E-state index in [9.17, 15) is 10.2 Å². The van der Waals surface area contributed by atoms with Gasteiger partial charge in [-0.15, -0.1) is 0 Å². The number of hydrogen-bond acceptors (Lipinski definition) is 6. The third-order valence-electron chi connectivity index (χ3n) is 2.03. The lowest BCUT2D eigenvalue weighted by Crippen LogP contribution is -2.19. The molecular formula is C9H12N4O2. The molecule has 0 spiro atoms. The Hall–Kier alpha value is -1.84. The van der Waals surface area contributed by atoms with Gasteiger partial charge in [-0.2, -0.15) is 5.26 Å². The number of aromatic nitrogens is 1. The van der Waals surface area contributed by atoms with Crippen LogP contribution in [0.2, 0.25) is 0 Å². The van der Waals surface area contributed by atoms with E-state index < -0.39 is 12.2 Å². The molecule has 1 aromatic rings. The zero-order valence-electron chi connectivity index (χ0n) is 7.96. The summed E-state index contributed by atoms with van der Waals surface area (Å²) in [6.07, 6.45) is 0.0377. The van der Waals surface area contributed by atoms with Crippen molar-refractivity contribution < 1.29 is 10.2 Å². The summed E-state index contributed by atoms with van der Waals surface area (Å²) in [6.45, 7) is 0. The molecule has 6 N–H and O–H groups in total. The molecule has 0 fully saturated rings. The minimum absolute atomic E-state index is 0.175. The smallest absolute Gasteiger partial charge is 0.109 e. The van der Waals surface area contributed by atoms with Crippen LogP contribution in [-0.4, -0.2) is 21.3 Å². The number of hydrogen-bond donors (Lipinski definition) is 4. The van der Waals surface area contributed by atoms with E-state index in [0.717, 1.165) is 0 Å². The van der Waals surface area contributed by atoms with Gasteiger partial charge in [0, 0.05) is 11.8 Å². The second-order valence-electron chi connectivity index (χ2n) is 3.11. The number of nitrogens with zero attached hydrogens (tertiary/aromatic N) is 2. The molecule has 0 radical (unpaired) electrons. The van der Waals surface area contributed by atoms with Crippen LogP contribution in [-0.2, 0) is 0 Å². The molecule has 6 heteroatoms. The Morgan fingerprint density at radius 3 is 2.67 bits per heavy atom. The zero-order chi connectivity index (χ0) is 11.4. The van der Waals surface area contributed by atoms with Crippen molar-refractivity contribution in [1.82, 2.24) is 4.98 Å². The van der Waals surface area contributed by atoms with Gasteiger partial charge in [0.15, 0.2) is 0 Å². The van der Waals surface area contributed by atoms with Crippen LogP contribution >= 0.6 is 0 Å². The summed E-state index contributed by atoms with van der Waals surface area (Å²) < 4.78 is 0. The molecule has 0 aromatic carbocycles. The lowest BCUT2D eigenvalue weighted by Gasteiger charge is -2.17. The summed E-state index contributed by atoms with van der Waals surface area (Å²) in [5.41, 5.74) is 11.7. The summed E-state index contributed by atoms with van der Waals surface area (Å²) in [6, 6.07) is 1.75. The maximum Gasteiger partial charge on any atom is 0.109 e. The molecule has 15 heavy (non-hydrogen) atoms. The Bertz CT molecular complexity index is 388. The molecule has 1 heterocycles. The minimum Gasteiger partial charge on any atom is -0.397 e. The number of anilines is 2. The van der Waals surface area contributed by atoms with E-state index in [1.807, 2.05) is 0 Å². The van der Waals surface area contributed by atoms with Gasteiger partial charge >= 0.3 is 0 Å². The molecule has 0 amide bonds. The maximum atomic E-state index is 9.65. The number of nitriles is 1. The van der Waals surface area contributed by atoms with Crippen molar-refractivity contribution in [2.75, 3.05) is 11.5 Å². The summed E-state index contributed by atoms with van der Waals surface area (Å²) in [5, 5.41) is 27.4. The third-order valence-corrected chi connectivity index (χ3v) is 2.03. The molecule has 1 aromatic heterocycles. The highest BCUT2D eigenvalue weighted by molar-refractivity contribution is 5.66. The lowest BCUT2D eigenvalue weighted by atomic mass is 10.0. The Morgan fingerprint density at radius 1 is 1.40 bits per heavy atom. The first-order valence-electron chi connectivity index (χ1n) is 4.29. The maximum absolute atomic E-state index is 9.65. The molecule has 0 saturated heterocycles. The van der Waals surface area contributed by atoms with Crippen molar-refractivity contribution in [2.24, 2.45) is 0 Å². The topological polar surface area (TPSA) is 129 Å². The van der Waals surface area contributed by atoms with Gasteiger partial charge in [-0.05, 0) is 0 Å². The largest absolute Gasteiger partial charge is 0.397 e. The first kappa shape index (κ1) is 11.2. The van der Waals surface area contributed by atoms with Gasteiger partial charge in [0.05, 0.1) is 36.2 Å². The minimum atomic E-state index is -1.25. The number of nitrogen functional groups attached to an aromatic ring is 2. The van der Waals surface area contributed by atoms with E-state index in [2.05, 4.69) is 4.98 Å². The van der Waals surface area contributed by atoms with E-state index in [4.69, 9.17) is 16.7 Å². The van der Waals surface area contributed by atoms with E-state index in [-0.39, 0.29) is 23.4 Å². The molecular weight excluding hydrogens is 196 g/mol. The van der Waals surface area contributed by atoms with Gasteiger partial charge in [0.25, 0.3) is 0 Å². The van der Waals surface area contributed by atoms with Gasteiger partial charge in [-0.1, -0.05) is 0 Å². The SMILES string of the molecule is N#CCC(O)C(O)c1cncc(N)c1N. The van der Waals surface area contributed by atoms with Crippen LogP contribution in [0.4, 0.5) is 11.4 Å². The number of aliphatic hydroxyl groups excluding tert-OH is 2. The van der Waals surface area contributed by atoms with Crippen molar-refractivity contribution >= 4 is 11.4 Å². The number of rotatable bonds is 3. The Balaban J connectivity index is 2.96. The Morgan fingerprint density at radius 2 is 2.07 bits per heavy atom. The van der Waals surface area contributed by atoms with Crippen molar-refractivity contribution in [2.45, 2.75) is 18.6 Å². The number of nitrogens with two attached hydrogens (primary N) is 2. The lowest BCUT2D eigenvalue weighted by molar-refractivity contribution is 0.0219. The molecule has 0 aliphatic rings. The monoisotopic (exact) mass is 208 g/mol. The zero-order valence-corrected chi connectivity index (χ0v) is 7.96. The van der Waals surface area contributed by atoms with Crippen LogP contribution in [0.25, 0.3) is 0 Å². The van der Waals surface area contributed by atoms with Crippen LogP contribution in [0.5, 0.6) is 0 Å². The molecule has 0 bridgehead atoms. The second-order valence-corrected chi connectivity index (χ2v) is 3.11. The number of aliphatic hydroxyl groups is 2. The quantitative estimate of drug-likeness (QED) is 0.532. The van der Waals surface area contributed by atoms with Crippen molar-refractivity contribution in [3.05, 3.63) is 18.0 Å². The molecule has 2 unspecified atom stereocenters. The standard InChI is InChI=1S/C9H12N4O2/c10-2-1-7(14)9(15)5-3-13-4-6(11)8(5)12/h3-4,7,9,14-15H,1,11H2,(H2,12,13). The molecule has 2 atom stereocenters. The van der Waals surface area contributed by atoms with Gasteiger partial charge < -0.3 is 21.7 Å². The Kier molecular flexibility index (Phi) is 3.44. The van der Waals surface area contributed by atoms with Gasteiger partial charge in [0.1, 0.15) is 6.10 Å². The molecule has 0 aliphatic carbocycles. The fraction of sp³-hybridized carbons (Fsp3) is 0.333. The van der Waals surface area contributed by atoms with Gasteiger partial charge in [-0.3, -0.25) is 4.98 Å². The van der Waals surface area contributed by atoms with Crippen LogP contribution in [0.15, 0.2) is 12.4 Å². The van der Waals surface area contributed by atoms with Crippen LogP contribution in [0.1, 0.15) is 18.1 Å². The fourth-order valence-corrected chi connectivity index (χ4v) is 1.15.